The van der Waals surface area contributed by atoms with Crippen molar-refractivity contribution in [3.8, 4) is 0 Å². The Morgan fingerprint density at radius 1 is 1.21 bits per heavy atom. The van der Waals surface area contributed by atoms with Crippen molar-refractivity contribution >= 4 is 12.0 Å². The summed E-state index contributed by atoms with van der Waals surface area (Å²) in [6.07, 6.45) is 0.811. The van der Waals surface area contributed by atoms with Gasteiger partial charge in [0.2, 0.25) is 0 Å². The van der Waals surface area contributed by atoms with Gasteiger partial charge < -0.3 is 20.4 Å². The third kappa shape index (κ3) is 5.92. The van der Waals surface area contributed by atoms with Crippen LogP contribution in [0.2, 0.25) is 0 Å². The van der Waals surface area contributed by atoms with Gasteiger partial charge in [0, 0.05) is 13.1 Å². The molecule has 0 aliphatic heterocycles. The molecule has 0 aliphatic carbocycles. The Morgan fingerprint density at radius 3 is 2.05 bits per heavy atom. The zero-order chi connectivity index (χ0) is 15.0. The minimum atomic E-state index is -1.27. The van der Waals surface area contributed by atoms with Gasteiger partial charge in [-0.25, -0.2) is 9.59 Å². The van der Waals surface area contributed by atoms with Gasteiger partial charge in [-0.15, -0.1) is 0 Å². The van der Waals surface area contributed by atoms with Crippen LogP contribution in [-0.4, -0.2) is 52.3 Å². The van der Waals surface area contributed by atoms with Crippen molar-refractivity contribution in [2.45, 2.75) is 52.7 Å². The van der Waals surface area contributed by atoms with Crippen molar-refractivity contribution < 1.29 is 19.8 Å². The van der Waals surface area contributed by atoms with Gasteiger partial charge in [-0.3, -0.25) is 0 Å². The fourth-order valence-electron chi connectivity index (χ4n) is 1.83. The molecule has 0 spiro atoms. The summed E-state index contributed by atoms with van der Waals surface area (Å²) in [5.74, 6) is -0.831. The van der Waals surface area contributed by atoms with Crippen LogP contribution in [0.3, 0.4) is 0 Å². The summed E-state index contributed by atoms with van der Waals surface area (Å²) in [7, 11) is 0. The van der Waals surface area contributed by atoms with Gasteiger partial charge in [-0.1, -0.05) is 26.7 Å². The first-order valence-corrected chi connectivity index (χ1v) is 6.83. The van der Waals surface area contributed by atoms with E-state index in [-0.39, 0.29) is 0 Å². The number of hydrogen-bond donors (Lipinski definition) is 3. The summed E-state index contributed by atoms with van der Waals surface area (Å²) in [4.78, 5) is 24.5. The molecule has 6 nitrogen and oxygen atoms in total. The molecule has 0 saturated heterocycles. The van der Waals surface area contributed by atoms with E-state index in [1.54, 1.807) is 4.90 Å². The number of amides is 2. The number of rotatable bonds is 8. The Hall–Kier alpha value is -1.30. The molecule has 19 heavy (non-hydrogen) atoms. The largest absolute Gasteiger partial charge is 0.480 e. The Kier molecular flexibility index (Phi) is 8.14. The molecule has 0 rings (SSSR count). The lowest BCUT2D eigenvalue weighted by molar-refractivity contribution is -0.141. The maximum Gasteiger partial charge on any atom is 0.328 e. The molecule has 2 atom stereocenters. The predicted molar refractivity (Wildman–Crippen MR) is 73.0 cm³/mol. The smallest absolute Gasteiger partial charge is 0.328 e. The highest BCUT2D eigenvalue weighted by Gasteiger charge is 2.27. The average Bonchev–Trinajstić information content (AvgIpc) is 2.36. The topological polar surface area (TPSA) is 89.9 Å². The first-order valence-electron chi connectivity index (χ1n) is 6.83. The highest BCUT2D eigenvalue weighted by Crippen LogP contribution is 2.10. The minimum absolute atomic E-state index is 0.403. The van der Waals surface area contributed by atoms with Gasteiger partial charge in [-0.05, 0) is 19.8 Å². The van der Waals surface area contributed by atoms with Gasteiger partial charge in [0.15, 0.2) is 6.04 Å². The van der Waals surface area contributed by atoms with Crippen molar-refractivity contribution in [1.82, 2.24) is 10.2 Å². The number of nitrogens with one attached hydrogen (secondary N) is 1. The molecule has 0 aromatic rings. The van der Waals surface area contributed by atoms with E-state index < -0.39 is 24.1 Å². The number of aliphatic hydroxyl groups is 1. The number of aliphatic hydroxyl groups excluding tert-OH is 1. The van der Waals surface area contributed by atoms with Crippen LogP contribution in [0.15, 0.2) is 0 Å². The van der Waals surface area contributed by atoms with Crippen molar-refractivity contribution in [2.75, 3.05) is 13.1 Å². The summed E-state index contributed by atoms with van der Waals surface area (Å²) in [5.41, 5.74) is 0. The molecule has 2 unspecified atom stereocenters. The molecular formula is C13H26N2O4. The minimum Gasteiger partial charge on any atom is -0.480 e. The molecule has 6 heteroatoms. The number of carbonyl (C=O) groups is 2. The molecular weight excluding hydrogens is 248 g/mol. The SMILES string of the molecule is CCC(CC)CN(CC)C(=O)NC(C(=O)O)C(C)O. The van der Waals surface area contributed by atoms with Crippen LogP contribution < -0.4 is 5.32 Å². The number of nitrogens with zero attached hydrogens (tertiary/aromatic N) is 1. The first-order chi connectivity index (χ1) is 8.87. The van der Waals surface area contributed by atoms with Crippen LogP contribution in [0.4, 0.5) is 4.79 Å². The molecule has 2 amide bonds. The molecule has 0 fully saturated rings. The fourth-order valence-corrected chi connectivity index (χ4v) is 1.83. The molecule has 0 aromatic heterocycles. The molecule has 0 radical (unpaired) electrons. The Labute approximate surface area is 114 Å². The number of carboxylic acids is 1. The lowest BCUT2D eigenvalue weighted by Crippen LogP contribution is -2.53. The van der Waals surface area contributed by atoms with E-state index in [1.807, 2.05) is 6.92 Å². The molecule has 0 saturated carbocycles. The van der Waals surface area contributed by atoms with E-state index in [0.29, 0.717) is 19.0 Å². The van der Waals surface area contributed by atoms with Crippen molar-refractivity contribution in [3.05, 3.63) is 0 Å². The summed E-state index contributed by atoms with van der Waals surface area (Å²) in [6.45, 7) is 8.43. The van der Waals surface area contributed by atoms with E-state index >= 15 is 0 Å². The molecule has 0 bridgehead atoms. The molecule has 3 N–H and O–H groups in total. The van der Waals surface area contributed by atoms with Crippen molar-refractivity contribution in [3.63, 3.8) is 0 Å². The fraction of sp³-hybridized carbons (Fsp3) is 0.846. The van der Waals surface area contributed by atoms with E-state index in [9.17, 15) is 14.7 Å². The van der Waals surface area contributed by atoms with Crippen LogP contribution in [0.1, 0.15) is 40.5 Å². The zero-order valence-corrected chi connectivity index (χ0v) is 12.2. The summed E-state index contributed by atoms with van der Waals surface area (Å²) in [5, 5.41) is 20.6. The maximum atomic E-state index is 12.0. The zero-order valence-electron chi connectivity index (χ0n) is 12.2. The molecule has 0 heterocycles. The Balaban J connectivity index is 4.62. The van der Waals surface area contributed by atoms with Gasteiger partial charge in [-0.2, -0.15) is 0 Å². The third-order valence-electron chi connectivity index (χ3n) is 3.33. The van der Waals surface area contributed by atoms with Gasteiger partial charge in [0.05, 0.1) is 6.10 Å². The summed E-state index contributed by atoms with van der Waals surface area (Å²) < 4.78 is 0. The molecule has 112 valence electrons. The first kappa shape index (κ1) is 17.7. The quantitative estimate of drug-likeness (QED) is 0.622. The lowest BCUT2D eigenvalue weighted by Gasteiger charge is -2.27. The predicted octanol–water partition coefficient (Wildman–Crippen LogP) is 1.29. The van der Waals surface area contributed by atoms with Crippen LogP contribution in [0.5, 0.6) is 0 Å². The molecule has 0 aromatic carbocycles. The van der Waals surface area contributed by atoms with Crippen LogP contribution >= 0.6 is 0 Å². The Bertz CT molecular complexity index is 290. The monoisotopic (exact) mass is 274 g/mol. The number of aliphatic carboxylic acids is 1. The highest BCUT2D eigenvalue weighted by molar-refractivity contribution is 5.83. The standard InChI is InChI=1S/C13H26N2O4/c1-5-10(6-2)8-15(7-3)13(19)14-11(9(4)16)12(17)18/h9-11,16H,5-8H2,1-4H3,(H,14,19)(H,17,18). The van der Waals surface area contributed by atoms with Crippen molar-refractivity contribution in [1.29, 1.82) is 0 Å². The van der Waals surface area contributed by atoms with Crippen LogP contribution in [0, 0.1) is 5.92 Å². The van der Waals surface area contributed by atoms with Gasteiger partial charge in [0.25, 0.3) is 0 Å². The summed E-state index contributed by atoms with van der Waals surface area (Å²) >= 11 is 0. The number of urea groups is 1. The lowest BCUT2D eigenvalue weighted by atomic mass is 10.0. The van der Waals surface area contributed by atoms with E-state index in [2.05, 4.69) is 19.2 Å². The van der Waals surface area contributed by atoms with E-state index in [1.165, 1.54) is 6.92 Å². The third-order valence-corrected chi connectivity index (χ3v) is 3.33. The second-order valence-electron chi connectivity index (χ2n) is 4.73. The van der Waals surface area contributed by atoms with E-state index in [0.717, 1.165) is 12.8 Å². The van der Waals surface area contributed by atoms with Gasteiger partial charge in [0.1, 0.15) is 0 Å². The van der Waals surface area contributed by atoms with Crippen LogP contribution in [-0.2, 0) is 4.79 Å². The Morgan fingerprint density at radius 2 is 1.74 bits per heavy atom. The molecule has 0 aliphatic rings. The highest BCUT2D eigenvalue weighted by atomic mass is 16.4. The van der Waals surface area contributed by atoms with Gasteiger partial charge >= 0.3 is 12.0 Å². The number of carbonyl (C=O) groups excluding carboxylic acids is 1. The van der Waals surface area contributed by atoms with Crippen molar-refractivity contribution in [2.24, 2.45) is 5.92 Å². The summed E-state index contributed by atoms with van der Waals surface area (Å²) in [6, 6.07) is -1.72. The van der Waals surface area contributed by atoms with Crippen LogP contribution in [0.25, 0.3) is 0 Å². The second kappa shape index (κ2) is 8.74. The second-order valence-corrected chi connectivity index (χ2v) is 4.73. The number of carboxylic acid groups (broad SMARTS) is 1. The maximum absolute atomic E-state index is 12.0. The average molecular weight is 274 g/mol. The number of hydrogen-bond acceptors (Lipinski definition) is 3. The normalized spacial score (nSPS) is 14.0. The van der Waals surface area contributed by atoms with E-state index in [4.69, 9.17) is 5.11 Å².